The number of hydrogen-bond donors (Lipinski definition) is 0. The zero-order chi connectivity index (χ0) is 16.1. The molecule has 0 saturated carbocycles. The van der Waals surface area contributed by atoms with Crippen molar-refractivity contribution in [2.45, 2.75) is 27.2 Å². The molecular formula is C21H21N2+. The number of aromatic nitrogens is 2. The monoisotopic (exact) mass is 301 g/mol. The second-order valence-electron chi connectivity index (χ2n) is 6.58. The zero-order valence-corrected chi connectivity index (χ0v) is 14.1. The van der Waals surface area contributed by atoms with Gasteiger partial charge in [0.2, 0.25) is 5.69 Å². The lowest BCUT2D eigenvalue weighted by Crippen LogP contribution is -2.36. The topological polar surface area (TPSA) is 16.8 Å². The number of rotatable bonds is 1. The van der Waals surface area contributed by atoms with Crippen molar-refractivity contribution in [3.8, 4) is 22.4 Å². The summed E-state index contributed by atoms with van der Waals surface area (Å²) in [5.74, 6) is 0. The van der Waals surface area contributed by atoms with E-state index in [-0.39, 0.29) is 0 Å². The van der Waals surface area contributed by atoms with E-state index in [1.807, 2.05) is 0 Å². The average Bonchev–Trinajstić information content (AvgIpc) is 2.89. The van der Waals surface area contributed by atoms with E-state index in [0.29, 0.717) is 0 Å². The maximum Gasteiger partial charge on any atom is 0.212 e. The fourth-order valence-electron chi connectivity index (χ4n) is 3.59. The smallest absolute Gasteiger partial charge is 0.212 e. The Labute approximate surface area is 137 Å². The van der Waals surface area contributed by atoms with Gasteiger partial charge in [0.25, 0.3) is 0 Å². The molecule has 2 nitrogen and oxygen atoms in total. The molecule has 0 amide bonds. The molecule has 2 aromatic heterocycles. The van der Waals surface area contributed by atoms with Crippen molar-refractivity contribution < 1.29 is 4.57 Å². The molecular weight excluding hydrogens is 280 g/mol. The Bertz CT molecular complexity index is 939. The summed E-state index contributed by atoms with van der Waals surface area (Å²) >= 11 is 0. The van der Waals surface area contributed by atoms with Crippen LogP contribution in [0, 0.1) is 20.8 Å². The van der Waals surface area contributed by atoms with E-state index in [1.165, 1.54) is 44.9 Å². The standard InChI is InChI=1S/C21H21N2/c1-13-5-6-14(2)18(11-13)20-10-9-17-16-8-7-15(3)22-19(16)12-21(17)23(20)4/h5-11H,12H2,1-4H3/q+1. The molecule has 0 fully saturated rings. The summed E-state index contributed by atoms with van der Waals surface area (Å²) in [5, 5.41) is 0. The lowest BCUT2D eigenvalue weighted by atomic mass is 10.0. The third-order valence-electron chi connectivity index (χ3n) is 4.89. The van der Waals surface area contributed by atoms with Gasteiger partial charge in [0.05, 0.1) is 17.7 Å². The molecule has 0 unspecified atom stereocenters. The molecule has 114 valence electrons. The van der Waals surface area contributed by atoms with Crippen LogP contribution in [0.1, 0.15) is 28.2 Å². The van der Waals surface area contributed by atoms with Crippen LogP contribution < -0.4 is 4.57 Å². The summed E-state index contributed by atoms with van der Waals surface area (Å²) in [6.45, 7) is 6.39. The summed E-state index contributed by atoms with van der Waals surface area (Å²) in [7, 11) is 2.18. The molecule has 4 rings (SSSR count). The largest absolute Gasteiger partial charge is 0.257 e. The molecule has 1 aromatic carbocycles. The van der Waals surface area contributed by atoms with Gasteiger partial charge >= 0.3 is 0 Å². The lowest BCUT2D eigenvalue weighted by molar-refractivity contribution is -0.667. The van der Waals surface area contributed by atoms with Crippen LogP contribution in [0.2, 0.25) is 0 Å². The first-order chi connectivity index (χ1) is 11.0. The van der Waals surface area contributed by atoms with Gasteiger partial charge in [-0.2, -0.15) is 4.57 Å². The number of pyridine rings is 2. The fourth-order valence-corrected chi connectivity index (χ4v) is 3.59. The predicted octanol–water partition coefficient (Wildman–Crippen LogP) is 4.07. The van der Waals surface area contributed by atoms with Gasteiger partial charge in [-0.25, -0.2) is 0 Å². The van der Waals surface area contributed by atoms with Crippen LogP contribution >= 0.6 is 0 Å². The van der Waals surface area contributed by atoms with E-state index < -0.39 is 0 Å². The van der Waals surface area contributed by atoms with E-state index in [2.05, 4.69) is 74.9 Å². The van der Waals surface area contributed by atoms with Crippen molar-refractivity contribution in [3.05, 3.63) is 70.7 Å². The Morgan fingerprint density at radius 2 is 1.65 bits per heavy atom. The van der Waals surface area contributed by atoms with E-state index in [1.54, 1.807) is 0 Å². The summed E-state index contributed by atoms with van der Waals surface area (Å²) in [4.78, 5) is 4.73. The van der Waals surface area contributed by atoms with Gasteiger partial charge in [0.1, 0.15) is 7.05 Å². The van der Waals surface area contributed by atoms with Crippen LogP contribution in [0.25, 0.3) is 22.4 Å². The fraction of sp³-hybridized carbons (Fsp3) is 0.238. The van der Waals surface area contributed by atoms with Gasteiger partial charge in [-0.15, -0.1) is 0 Å². The third-order valence-corrected chi connectivity index (χ3v) is 4.89. The zero-order valence-electron chi connectivity index (χ0n) is 14.1. The van der Waals surface area contributed by atoms with Crippen LogP contribution in [-0.4, -0.2) is 4.98 Å². The van der Waals surface area contributed by atoms with Crippen molar-refractivity contribution in [1.82, 2.24) is 4.98 Å². The molecule has 0 N–H and O–H groups in total. The number of fused-ring (bicyclic) bond motifs is 3. The van der Waals surface area contributed by atoms with E-state index in [4.69, 9.17) is 4.98 Å². The minimum Gasteiger partial charge on any atom is -0.257 e. The Morgan fingerprint density at radius 3 is 2.48 bits per heavy atom. The van der Waals surface area contributed by atoms with Crippen molar-refractivity contribution >= 4 is 0 Å². The Balaban J connectivity index is 1.90. The second-order valence-corrected chi connectivity index (χ2v) is 6.58. The molecule has 0 spiro atoms. The van der Waals surface area contributed by atoms with Gasteiger partial charge in [-0.1, -0.05) is 23.8 Å². The molecule has 0 radical (unpaired) electrons. The molecule has 1 aliphatic carbocycles. The van der Waals surface area contributed by atoms with Gasteiger partial charge in [-0.3, -0.25) is 4.98 Å². The van der Waals surface area contributed by atoms with Crippen LogP contribution in [0.4, 0.5) is 0 Å². The number of benzene rings is 1. The normalized spacial score (nSPS) is 12.2. The predicted molar refractivity (Wildman–Crippen MR) is 93.3 cm³/mol. The summed E-state index contributed by atoms with van der Waals surface area (Å²) in [6.07, 6.45) is 0.918. The molecule has 2 heteroatoms. The average molecular weight is 301 g/mol. The molecule has 2 heterocycles. The number of hydrogen-bond acceptors (Lipinski definition) is 1. The first-order valence-corrected chi connectivity index (χ1v) is 8.11. The highest BCUT2D eigenvalue weighted by atomic mass is 15.0. The van der Waals surface area contributed by atoms with E-state index >= 15 is 0 Å². The minimum atomic E-state index is 0.918. The number of aryl methyl sites for hydroxylation is 3. The Hall–Kier alpha value is -2.48. The van der Waals surface area contributed by atoms with Crippen molar-refractivity contribution in [1.29, 1.82) is 0 Å². The van der Waals surface area contributed by atoms with Gasteiger partial charge < -0.3 is 0 Å². The first-order valence-electron chi connectivity index (χ1n) is 8.11. The Kier molecular flexibility index (Phi) is 3.08. The molecule has 23 heavy (non-hydrogen) atoms. The molecule has 3 aromatic rings. The van der Waals surface area contributed by atoms with Crippen LogP contribution in [0.5, 0.6) is 0 Å². The van der Waals surface area contributed by atoms with Crippen molar-refractivity contribution in [2.75, 3.05) is 0 Å². The van der Waals surface area contributed by atoms with Crippen molar-refractivity contribution in [3.63, 3.8) is 0 Å². The van der Waals surface area contributed by atoms with E-state index in [9.17, 15) is 0 Å². The highest BCUT2D eigenvalue weighted by Gasteiger charge is 2.29. The second kappa shape index (κ2) is 5.02. The van der Waals surface area contributed by atoms with Crippen molar-refractivity contribution in [2.24, 2.45) is 7.05 Å². The molecule has 0 saturated heterocycles. The molecule has 0 bridgehead atoms. The quantitative estimate of drug-likeness (QED) is 0.484. The minimum absolute atomic E-state index is 0.918. The molecule has 0 aliphatic heterocycles. The molecule has 0 atom stereocenters. The Morgan fingerprint density at radius 1 is 0.870 bits per heavy atom. The maximum atomic E-state index is 4.73. The van der Waals surface area contributed by atoms with Crippen LogP contribution in [-0.2, 0) is 13.5 Å². The SMILES string of the molecule is Cc1ccc(C)c(-c2ccc3c([n+]2C)Cc2nc(C)ccc2-3)c1. The maximum absolute atomic E-state index is 4.73. The first kappa shape index (κ1) is 14.1. The van der Waals surface area contributed by atoms with Gasteiger partial charge in [0.15, 0.2) is 5.69 Å². The summed E-state index contributed by atoms with van der Waals surface area (Å²) in [5.41, 5.74) is 11.5. The molecule has 1 aliphatic rings. The van der Waals surface area contributed by atoms with Crippen LogP contribution in [0.3, 0.4) is 0 Å². The highest BCUT2D eigenvalue weighted by Crippen LogP contribution is 2.35. The lowest BCUT2D eigenvalue weighted by Gasteiger charge is -2.08. The van der Waals surface area contributed by atoms with Gasteiger partial charge in [0, 0.05) is 22.9 Å². The summed E-state index contributed by atoms with van der Waals surface area (Å²) < 4.78 is 2.34. The number of nitrogens with zero attached hydrogens (tertiary/aromatic N) is 2. The summed E-state index contributed by atoms with van der Waals surface area (Å²) in [6, 6.07) is 15.5. The third kappa shape index (κ3) is 2.17. The van der Waals surface area contributed by atoms with Gasteiger partial charge in [-0.05, 0) is 44.5 Å². The van der Waals surface area contributed by atoms with Crippen LogP contribution in [0.15, 0.2) is 42.5 Å². The van der Waals surface area contributed by atoms with E-state index in [0.717, 1.165) is 12.1 Å². The highest BCUT2D eigenvalue weighted by molar-refractivity contribution is 5.74.